The lowest BCUT2D eigenvalue weighted by Gasteiger charge is -2.34. The number of nitrogens with one attached hydrogen (secondary N) is 2. The monoisotopic (exact) mass is 515 g/mol. The Morgan fingerprint density at radius 3 is 2.46 bits per heavy atom. The zero-order valence-electron chi connectivity index (χ0n) is 20.3. The van der Waals surface area contributed by atoms with Crippen molar-refractivity contribution in [1.29, 1.82) is 0 Å². The van der Waals surface area contributed by atoms with Gasteiger partial charge in [0.15, 0.2) is 0 Å². The summed E-state index contributed by atoms with van der Waals surface area (Å²) in [6.07, 6.45) is 2.03. The third-order valence-corrected chi connectivity index (χ3v) is 7.00. The van der Waals surface area contributed by atoms with E-state index in [-0.39, 0.29) is 5.91 Å². The number of pyridine rings is 1. The van der Waals surface area contributed by atoms with Crippen molar-refractivity contribution in [1.82, 2.24) is 14.9 Å². The van der Waals surface area contributed by atoms with Crippen LogP contribution in [0.1, 0.15) is 5.56 Å². The van der Waals surface area contributed by atoms with Crippen LogP contribution in [-0.4, -0.2) is 58.2 Å². The van der Waals surface area contributed by atoms with Crippen molar-refractivity contribution in [2.24, 2.45) is 0 Å². The number of aromatic amines is 1. The maximum atomic E-state index is 12.0. The van der Waals surface area contributed by atoms with Crippen molar-refractivity contribution in [3.63, 3.8) is 0 Å². The Labute approximate surface area is 219 Å². The van der Waals surface area contributed by atoms with Gasteiger partial charge in [0.1, 0.15) is 5.65 Å². The van der Waals surface area contributed by atoms with Crippen LogP contribution >= 0.6 is 11.6 Å². The number of nitrogens with zero attached hydrogens (tertiary/aromatic N) is 3. The molecule has 0 aliphatic carbocycles. The summed E-state index contributed by atoms with van der Waals surface area (Å²) in [7, 11) is 0. The average molecular weight is 516 g/mol. The summed E-state index contributed by atoms with van der Waals surface area (Å²) in [5, 5.41) is 13.5. The topological polar surface area (TPSA) is 102 Å². The first kappa shape index (κ1) is 24.4. The summed E-state index contributed by atoms with van der Waals surface area (Å²) in [5.41, 5.74) is 6.92. The molecule has 2 amide bonds. The van der Waals surface area contributed by atoms with Gasteiger partial charge in [-0.3, -0.25) is 4.79 Å². The van der Waals surface area contributed by atoms with Gasteiger partial charge in [-0.1, -0.05) is 42.4 Å². The Hall–Kier alpha value is -4.30. The van der Waals surface area contributed by atoms with Gasteiger partial charge in [-0.15, -0.1) is 0 Å². The predicted molar refractivity (Wildman–Crippen MR) is 147 cm³/mol. The summed E-state index contributed by atoms with van der Waals surface area (Å²) in [4.78, 5) is 34.8. The molecule has 37 heavy (non-hydrogen) atoms. The van der Waals surface area contributed by atoms with Crippen molar-refractivity contribution in [3.05, 3.63) is 78.0 Å². The zero-order chi connectivity index (χ0) is 26.1. The molecule has 3 heterocycles. The Kier molecular flexibility index (Phi) is 6.58. The molecule has 0 radical (unpaired) electrons. The molecular formula is C28H26ClN5O3. The highest BCUT2D eigenvalue weighted by atomic mass is 35.5. The minimum atomic E-state index is -0.878. The third-order valence-electron chi connectivity index (χ3n) is 6.68. The molecule has 3 N–H and O–H groups in total. The molecule has 5 rings (SSSR count). The van der Waals surface area contributed by atoms with Gasteiger partial charge in [0.05, 0.1) is 10.7 Å². The fraction of sp³-hybridized carbons (Fsp3) is 0.179. The van der Waals surface area contributed by atoms with E-state index in [1.165, 1.54) is 11.0 Å². The van der Waals surface area contributed by atoms with E-state index in [9.17, 15) is 14.7 Å². The fourth-order valence-corrected chi connectivity index (χ4v) is 4.91. The number of halogens is 1. The summed E-state index contributed by atoms with van der Waals surface area (Å²) in [6, 6.07) is 15.8. The maximum absolute atomic E-state index is 12.0. The molecule has 188 valence electrons. The van der Waals surface area contributed by atoms with E-state index in [1.807, 2.05) is 49.4 Å². The number of carboxylic acid groups (broad SMARTS) is 1. The maximum Gasteiger partial charge on any atom is 0.407 e. The number of hydrogen-bond donors (Lipinski definition) is 3. The number of carbonyl (C=O) groups is 2. The van der Waals surface area contributed by atoms with Crippen LogP contribution in [0.3, 0.4) is 0 Å². The van der Waals surface area contributed by atoms with Crippen LogP contribution in [0, 0.1) is 6.92 Å². The van der Waals surface area contributed by atoms with Gasteiger partial charge >= 0.3 is 6.09 Å². The highest BCUT2D eigenvalue weighted by Gasteiger charge is 2.22. The number of aromatic nitrogens is 2. The van der Waals surface area contributed by atoms with E-state index in [0.717, 1.165) is 39.0 Å². The molecule has 0 saturated carbocycles. The number of hydrogen-bond acceptors (Lipinski definition) is 4. The van der Waals surface area contributed by atoms with Gasteiger partial charge in [-0.05, 0) is 54.0 Å². The van der Waals surface area contributed by atoms with Gasteiger partial charge in [-0.25, -0.2) is 9.78 Å². The van der Waals surface area contributed by atoms with Crippen LogP contribution in [0.4, 0.5) is 16.2 Å². The highest BCUT2D eigenvalue weighted by molar-refractivity contribution is 6.36. The van der Waals surface area contributed by atoms with Gasteiger partial charge < -0.3 is 25.2 Å². The average Bonchev–Trinajstić information content (AvgIpc) is 3.31. The summed E-state index contributed by atoms with van der Waals surface area (Å²) in [5.74, 6) is -0.279. The lowest BCUT2D eigenvalue weighted by Crippen LogP contribution is -2.48. The lowest BCUT2D eigenvalue weighted by molar-refractivity contribution is -0.111. The van der Waals surface area contributed by atoms with Crippen LogP contribution < -0.4 is 10.2 Å². The number of fused-ring (bicyclic) bond motifs is 1. The molecule has 4 aromatic rings. The number of H-pyrrole nitrogens is 1. The molecule has 1 aliphatic rings. The minimum absolute atomic E-state index is 0.279. The van der Waals surface area contributed by atoms with E-state index in [4.69, 9.17) is 11.6 Å². The van der Waals surface area contributed by atoms with Crippen LogP contribution in [0.15, 0.2) is 67.4 Å². The molecule has 0 unspecified atom stereocenters. The van der Waals surface area contributed by atoms with E-state index >= 15 is 0 Å². The second-order valence-corrected chi connectivity index (χ2v) is 9.33. The normalized spacial score (nSPS) is 13.6. The van der Waals surface area contributed by atoms with Crippen LogP contribution in [-0.2, 0) is 4.79 Å². The molecule has 0 bridgehead atoms. The van der Waals surface area contributed by atoms with Crippen molar-refractivity contribution in [3.8, 4) is 22.4 Å². The van der Waals surface area contributed by atoms with Crippen LogP contribution in [0.2, 0.25) is 5.02 Å². The third kappa shape index (κ3) is 4.75. The van der Waals surface area contributed by atoms with Crippen molar-refractivity contribution >= 4 is 46.0 Å². The second kappa shape index (κ2) is 9.99. The second-order valence-electron chi connectivity index (χ2n) is 8.92. The number of anilines is 2. The molecule has 1 saturated heterocycles. The van der Waals surface area contributed by atoms with E-state index < -0.39 is 6.09 Å². The smallest absolute Gasteiger partial charge is 0.407 e. The van der Waals surface area contributed by atoms with Gasteiger partial charge in [0.2, 0.25) is 5.91 Å². The molecule has 1 fully saturated rings. The highest BCUT2D eigenvalue weighted by Crippen LogP contribution is 2.42. The number of aryl methyl sites for hydroxylation is 1. The molecule has 2 aromatic heterocycles. The number of benzene rings is 2. The Balaban J connectivity index is 1.55. The molecule has 2 aromatic carbocycles. The Morgan fingerprint density at radius 2 is 1.78 bits per heavy atom. The van der Waals surface area contributed by atoms with Crippen molar-refractivity contribution in [2.45, 2.75) is 6.92 Å². The number of piperazine rings is 1. The van der Waals surface area contributed by atoms with Crippen molar-refractivity contribution < 1.29 is 14.7 Å². The lowest BCUT2D eigenvalue weighted by atomic mass is 9.97. The standard InChI is InChI=1S/C28H26ClN5O3/c1-3-23(35)31-22-16-19(5-4-17(22)2)24-25-21(29)10-11-30-27(25)32-26(24)18-6-8-20(9-7-18)33-12-14-34(15-13-33)28(36)37/h3-11,16H,1,12-15H2,2H3,(H,30,32)(H,31,35)(H,36,37). The fourth-order valence-electron chi connectivity index (χ4n) is 4.67. The molecule has 1 aliphatic heterocycles. The SMILES string of the molecule is C=CC(=O)Nc1cc(-c2c(-c3ccc(N4CCN(C(=O)O)CC4)cc3)[nH]c3nccc(Cl)c23)ccc1C. The van der Waals surface area contributed by atoms with Gasteiger partial charge in [-0.2, -0.15) is 0 Å². The number of rotatable bonds is 5. The van der Waals surface area contributed by atoms with E-state index in [2.05, 4.69) is 26.8 Å². The van der Waals surface area contributed by atoms with Crippen molar-refractivity contribution in [2.75, 3.05) is 36.4 Å². The minimum Gasteiger partial charge on any atom is -0.465 e. The predicted octanol–water partition coefficient (Wildman–Crippen LogP) is 5.78. The van der Waals surface area contributed by atoms with E-state index in [1.54, 1.807) is 12.3 Å². The van der Waals surface area contributed by atoms with Crippen LogP contribution in [0.25, 0.3) is 33.4 Å². The first-order valence-corrected chi connectivity index (χ1v) is 12.3. The molecule has 0 spiro atoms. The first-order valence-electron chi connectivity index (χ1n) is 11.9. The van der Waals surface area contributed by atoms with E-state index in [0.29, 0.717) is 42.5 Å². The number of amides is 2. The van der Waals surface area contributed by atoms with Gasteiger partial charge in [0, 0.05) is 54.7 Å². The number of carbonyl (C=O) groups excluding carboxylic acids is 1. The summed E-state index contributed by atoms with van der Waals surface area (Å²) < 4.78 is 0. The first-order chi connectivity index (χ1) is 17.9. The largest absolute Gasteiger partial charge is 0.465 e. The van der Waals surface area contributed by atoms with Gasteiger partial charge in [0.25, 0.3) is 0 Å². The summed E-state index contributed by atoms with van der Waals surface area (Å²) >= 11 is 6.66. The zero-order valence-corrected chi connectivity index (χ0v) is 21.0. The van der Waals surface area contributed by atoms with Crippen LogP contribution in [0.5, 0.6) is 0 Å². The quantitative estimate of drug-likeness (QED) is 0.292. The summed E-state index contributed by atoms with van der Waals surface area (Å²) in [6.45, 7) is 7.72. The molecule has 0 atom stereocenters. The Morgan fingerprint density at radius 1 is 1.08 bits per heavy atom. The molecule has 9 heteroatoms. The molecular weight excluding hydrogens is 490 g/mol. The molecule has 8 nitrogen and oxygen atoms in total. The Bertz CT molecular complexity index is 1500.